The van der Waals surface area contributed by atoms with Gasteiger partial charge in [-0.2, -0.15) is 0 Å². The Labute approximate surface area is 138 Å². The molecule has 0 saturated carbocycles. The van der Waals surface area contributed by atoms with E-state index in [0.717, 1.165) is 34.7 Å². The topological polar surface area (TPSA) is 34.0 Å². The number of fused-ring (bicyclic) bond motifs is 1. The smallest absolute Gasteiger partial charge is 0.220 e. The van der Waals surface area contributed by atoms with Gasteiger partial charge in [0.1, 0.15) is 11.6 Å². The summed E-state index contributed by atoms with van der Waals surface area (Å²) in [7, 11) is 1.99. The van der Waals surface area contributed by atoms with Crippen LogP contribution in [0.4, 0.5) is 8.78 Å². The molecule has 1 amide bonds. The van der Waals surface area contributed by atoms with Gasteiger partial charge in [-0.1, -0.05) is 6.07 Å². The molecule has 124 valence electrons. The third-order valence-electron chi connectivity index (χ3n) is 4.07. The van der Waals surface area contributed by atoms with Crippen LogP contribution in [-0.4, -0.2) is 10.5 Å². The van der Waals surface area contributed by atoms with Crippen molar-refractivity contribution < 1.29 is 13.6 Å². The fraction of sp³-hybridized carbons (Fsp3) is 0.211. The van der Waals surface area contributed by atoms with Crippen LogP contribution < -0.4 is 5.32 Å². The number of nitrogens with one attached hydrogen (secondary N) is 1. The van der Waals surface area contributed by atoms with E-state index >= 15 is 0 Å². The Kier molecular flexibility index (Phi) is 4.60. The zero-order valence-electron chi connectivity index (χ0n) is 13.4. The number of carbonyl (C=O) groups is 1. The molecule has 24 heavy (non-hydrogen) atoms. The van der Waals surface area contributed by atoms with E-state index in [-0.39, 0.29) is 18.0 Å². The fourth-order valence-electron chi connectivity index (χ4n) is 2.71. The molecule has 0 unspecified atom stereocenters. The van der Waals surface area contributed by atoms with Crippen molar-refractivity contribution in [3.63, 3.8) is 0 Å². The van der Waals surface area contributed by atoms with Crippen LogP contribution >= 0.6 is 0 Å². The lowest BCUT2D eigenvalue weighted by molar-refractivity contribution is -0.121. The summed E-state index contributed by atoms with van der Waals surface area (Å²) in [5.74, 6) is -1.23. The molecular weight excluding hydrogens is 310 g/mol. The van der Waals surface area contributed by atoms with Gasteiger partial charge >= 0.3 is 0 Å². The molecule has 0 atom stereocenters. The fourth-order valence-corrected chi connectivity index (χ4v) is 2.71. The molecule has 1 aromatic heterocycles. The van der Waals surface area contributed by atoms with Gasteiger partial charge in [-0.05, 0) is 53.8 Å². The van der Waals surface area contributed by atoms with E-state index in [1.807, 2.05) is 36.0 Å². The number of halogens is 2. The highest BCUT2D eigenvalue weighted by atomic mass is 19.1. The molecule has 0 aliphatic rings. The zero-order valence-corrected chi connectivity index (χ0v) is 13.4. The largest absolute Gasteiger partial charge is 0.352 e. The summed E-state index contributed by atoms with van der Waals surface area (Å²) < 4.78 is 28.6. The molecule has 0 fully saturated rings. The molecule has 3 nitrogen and oxygen atoms in total. The van der Waals surface area contributed by atoms with E-state index in [4.69, 9.17) is 0 Å². The first-order valence-electron chi connectivity index (χ1n) is 7.77. The monoisotopic (exact) mass is 328 g/mol. The third kappa shape index (κ3) is 3.62. The number of aryl methyl sites for hydroxylation is 2. The number of hydrogen-bond donors (Lipinski definition) is 1. The predicted octanol–water partition coefficient (Wildman–Crippen LogP) is 3.71. The molecule has 0 saturated heterocycles. The van der Waals surface area contributed by atoms with E-state index in [0.29, 0.717) is 12.8 Å². The molecule has 5 heteroatoms. The third-order valence-corrected chi connectivity index (χ3v) is 4.07. The van der Waals surface area contributed by atoms with Crippen LogP contribution in [0.3, 0.4) is 0 Å². The summed E-state index contributed by atoms with van der Waals surface area (Å²) in [5, 5.41) is 3.77. The molecule has 1 heterocycles. The standard InChI is InChI=1S/C19H18F2N2O/c1-23-9-8-14-10-13(2-6-18(14)23)3-7-19(24)22-12-15-11-16(20)4-5-17(15)21/h2,4-6,8-11H,3,7,12H2,1H3,(H,22,24). The Morgan fingerprint density at radius 3 is 2.79 bits per heavy atom. The van der Waals surface area contributed by atoms with Crippen molar-refractivity contribution >= 4 is 16.8 Å². The average molecular weight is 328 g/mol. The molecular formula is C19H18F2N2O. The van der Waals surface area contributed by atoms with Gasteiger partial charge in [0.25, 0.3) is 0 Å². The van der Waals surface area contributed by atoms with Crippen molar-refractivity contribution in [2.45, 2.75) is 19.4 Å². The van der Waals surface area contributed by atoms with Crippen molar-refractivity contribution in [3.8, 4) is 0 Å². The maximum Gasteiger partial charge on any atom is 0.220 e. The van der Waals surface area contributed by atoms with Crippen LogP contribution in [0.5, 0.6) is 0 Å². The highest BCUT2D eigenvalue weighted by Gasteiger charge is 2.07. The lowest BCUT2D eigenvalue weighted by Crippen LogP contribution is -2.23. The Hall–Kier alpha value is -2.69. The zero-order chi connectivity index (χ0) is 17.1. The summed E-state index contributed by atoms with van der Waals surface area (Å²) in [6, 6.07) is 11.3. The van der Waals surface area contributed by atoms with E-state index in [1.165, 1.54) is 0 Å². The van der Waals surface area contributed by atoms with Crippen molar-refractivity contribution in [1.82, 2.24) is 9.88 Å². The summed E-state index contributed by atoms with van der Waals surface area (Å²) in [6.45, 7) is -0.0137. The van der Waals surface area contributed by atoms with Crippen molar-refractivity contribution in [1.29, 1.82) is 0 Å². The van der Waals surface area contributed by atoms with Crippen LogP contribution in [0, 0.1) is 11.6 Å². The minimum absolute atomic E-state index is 0.0137. The summed E-state index contributed by atoms with van der Waals surface area (Å²) in [4.78, 5) is 11.9. The summed E-state index contributed by atoms with van der Waals surface area (Å²) >= 11 is 0. The minimum atomic E-state index is -0.522. The highest BCUT2D eigenvalue weighted by molar-refractivity contribution is 5.81. The summed E-state index contributed by atoms with van der Waals surface area (Å²) in [6.07, 6.45) is 2.90. The first kappa shape index (κ1) is 16.2. The number of aromatic nitrogens is 1. The molecule has 0 radical (unpaired) electrons. The SMILES string of the molecule is Cn1ccc2cc(CCC(=O)NCc3cc(F)ccc3F)ccc21. The Bertz CT molecular complexity index is 886. The van der Waals surface area contributed by atoms with Crippen molar-refractivity contribution in [3.05, 3.63) is 71.4 Å². The molecule has 2 aromatic carbocycles. The second-order valence-corrected chi connectivity index (χ2v) is 5.83. The van der Waals surface area contributed by atoms with E-state index < -0.39 is 11.6 Å². The predicted molar refractivity (Wildman–Crippen MR) is 89.4 cm³/mol. The maximum atomic E-state index is 13.5. The van der Waals surface area contributed by atoms with E-state index in [1.54, 1.807) is 0 Å². The van der Waals surface area contributed by atoms with Crippen LogP contribution in [0.25, 0.3) is 10.9 Å². The normalized spacial score (nSPS) is 11.0. The molecule has 0 bridgehead atoms. The molecule has 0 aliphatic carbocycles. The van der Waals surface area contributed by atoms with Gasteiger partial charge in [0, 0.05) is 37.3 Å². The van der Waals surface area contributed by atoms with Gasteiger partial charge < -0.3 is 9.88 Å². The van der Waals surface area contributed by atoms with Crippen LogP contribution in [0.1, 0.15) is 17.5 Å². The van der Waals surface area contributed by atoms with Gasteiger partial charge in [0.05, 0.1) is 0 Å². The average Bonchev–Trinajstić information content (AvgIpc) is 2.94. The van der Waals surface area contributed by atoms with Crippen molar-refractivity contribution in [2.75, 3.05) is 0 Å². The number of hydrogen-bond acceptors (Lipinski definition) is 1. The van der Waals surface area contributed by atoms with Crippen LogP contribution in [0.2, 0.25) is 0 Å². The lowest BCUT2D eigenvalue weighted by atomic mass is 10.1. The number of benzene rings is 2. The molecule has 3 rings (SSSR count). The number of carbonyl (C=O) groups excluding carboxylic acids is 1. The van der Waals surface area contributed by atoms with Gasteiger partial charge in [-0.15, -0.1) is 0 Å². The Morgan fingerprint density at radius 2 is 1.96 bits per heavy atom. The first-order valence-corrected chi connectivity index (χ1v) is 7.77. The number of rotatable bonds is 5. The Balaban J connectivity index is 1.55. The second-order valence-electron chi connectivity index (χ2n) is 5.83. The van der Waals surface area contributed by atoms with Gasteiger partial charge in [0.2, 0.25) is 5.91 Å². The lowest BCUT2D eigenvalue weighted by Gasteiger charge is -2.07. The summed E-state index contributed by atoms with van der Waals surface area (Å²) in [5.41, 5.74) is 2.36. The first-order chi connectivity index (χ1) is 11.5. The number of amides is 1. The minimum Gasteiger partial charge on any atom is -0.352 e. The molecule has 0 spiro atoms. The maximum absolute atomic E-state index is 13.5. The van der Waals surface area contributed by atoms with Gasteiger partial charge in [-0.25, -0.2) is 8.78 Å². The quantitative estimate of drug-likeness (QED) is 0.761. The van der Waals surface area contributed by atoms with Gasteiger partial charge in [-0.3, -0.25) is 4.79 Å². The van der Waals surface area contributed by atoms with Crippen LogP contribution in [0.15, 0.2) is 48.7 Å². The Morgan fingerprint density at radius 1 is 1.12 bits per heavy atom. The van der Waals surface area contributed by atoms with E-state index in [2.05, 4.69) is 11.4 Å². The number of nitrogens with zero attached hydrogens (tertiary/aromatic N) is 1. The molecule has 3 aromatic rings. The molecule has 0 aliphatic heterocycles. The van der Waals surface area contributed by atoms with Crippen molar-refractivity contribution in [2.24, 2.45) is 7.05 Å². The molecule has 1 N–H and O–H groups in total. The highest BCUT2D eigenvalue weighted by Crippen LogP contribution is 2.17. The second kappa shape index (κ2) is 6.83. The van der Waals surface area contributed by atoms with Gasteiger partial charge in [0.15, 0.2) is 0 Å². The van der Waals surface area contributed by atoms with E-state index in [9.17, 15) is 13.6 Å². The van der Waals surface area contributed by atoms with Crippen LogP contribution in [-0.2, 0) is 24.8 Å².